The van der Waals surface area contributed by atoms with E-state index in [9.17, 15) is 0 Å². The highest BCUT2D eigenvalue weighted by Gasteiger charge is 2.33. The van der Waals surface area contributed by atoms with Gasteiger partial charge in [-0.1, -0.05) is 63.4 Å². The van der Waals surface area contributed by atoms with Gasteiger partial charge < -0.3 is 0 Å². The number of hydrogen-bond acceptors (Lipinski definition) is 0. The third-order valence-corrected chi connectivity index (χ3v) is 4.34. The second kappa shape index (κ2) is 4.38. The van der Waals surface area contributed by atoms with Crippen molar-refractivity contribution in [3.63, 3.8) is 0 Å². The van der Waals surface area contributed by atoms with Crippen molar-refractivity contribution in [1.82, 2.24) is 0 Å². The van der Waals surface area contributed by atoms with E-state index in [1.165, 1.54) is 37.7 Å². The topological polar surface area (TPSA) is 0 Å². The van der Waals surface area contributed by atoms with Crippen molar-refractivity contribution in [3.05, 3.63) is 35.9 Å². The molecule has 1 unspecified atom stereocenters. The van der Waals surface area contributed by atoms with Crippen LogP contribution in [0.1, 0.15) is 57.4 Å². The Morgan fingerprint density at radius 3 is 2.20 bits per heavy atom. The molecule has 0 N–H and O–H groups in total. The molecule has 0 aromatic heterocycles. The monoisotopic (exact) mass is 202 g/mol. The van der Waals surface area contributed by atoms with Crippen molar-refractivity contribution < 1.29 is 0 Å². The van der Waals surface area contributed by atoms with E-state index in [1.807, 2.05) is 0 Å². The Hall–Kier alpha value is -0.780. The highest BCUT2D eigenvalue weighted by atomic mass is 14.4. The molecule has 1 atom stereocenters. The Bertz CT molecular complexity index is 293. The molecule has 0 heteroatoms. The van der Waals surface area contributed by atoms with E-state index in [2.05, 4.69) is 44.2 Å². The van der Waals surface area contributed by atoms with E-state index in [0.717, 1.165) is 0 Å². The molecule has 0 aliphatic heterocycles. The molecule has 0 spiro atoms. The van der Waals surface area contributed by atoms with E-state index in [0.29, 0.717) is 11.3 Å². The molecule has 1 aliphatic rings. The van der Waals surface area contributed by atoms with Crippen molar-refractivity contribution in [2.24, 2.45) is 5.41 Å². The normalized spacial score (nSPS) is 22.3. The van der Waals surface area contributed by atoms with Gasteiger partial charge in [0.15, 0.2) is 0 Å². The molecule has 1 aromatic rings. The first kappa shape index (κ1) is 10.7. The zero-order valence-electron chi connectivity index (χ0n) is 10.00. The summed E-state index contributed by atoms with van der Waals surface area (Å²) in [5.41, 5.74) is 2.06. The molecule has 1 aliphatic carbocycles. The first-order valence-corrected chi connectivity index (χ1v) is 6.27. The Morgan fingerprint density at radius 2 is 1.60 bits per heavy atom. The van der Waals surface area contributed by atoms with Gasteiger partial charge in [0.25, 0.3) is 0 Å². The highest BCUT2D eigenvalue weighted by molar-refractivity contribution is 5.21. The molecule has 1 fully saturated rings. The second-order valence-electron chi connectivity index (χ2n) is 5.35. The Kier molecular flexibility index (Phi) is 3.14. The lowest BCUT2D eigenvalue weighted by atomic mass is 9.66. The van der Waals surface area contributed by atoms with Gasteiger partial charge in [-0.3, -0.25) is 0 Å². The predicted octanol–water partition coefficient (Wildman–Crippen LogP) is 4.76. The molecule has 82 valence electrons. The van der Waals surface area contributed by atoms with Gasteiger partial charge in [-0.2, -0.15) is 0 Å². The molecule has 0 nitrogen and oxygen atoms in total. The number of benzene rings is 1. The molecule has 0 amide bonds. The van der Waals surface area contributed by atoms with Gasteiger partial charge in [0, 0.05) is 0 Å². The molecular formula is C15H22. The van der Waals surface area contributed by atoms with Gasteiger partial charge in [-0.15, -0.1) is 0 Å². The van der Waals surface area contributed by atoms with Crippen LogP contribution in [0.4, 0.5) is 0 Å². The van der Waals surface area contributed by atoms with Crippen LogP contribution in [-0.4, -0.2) is 0 Å². The van der Waals surface area contributed by atoms with Crippen LogP contribution in [0.25, 0.3) is 0 Å². The van der Waals surface area contributed by atoms with Crippen LogP contribution in [0.2, 0.25) is 0 Å². The summed E-state index contributed by atoms with van der Waals surface area (Å²) >= 11 is 0. The highest BCUT2D eigenvalue weighted by Crippen LogP contribution is 2.46. The van der Waals surface area contributed by atoms with E-state index in [4.69, 9.17) is 0 Å². The van der Waals surface area contributed by atoms with Crippen molar-refractivity contribution in [2.45, 2.75) is 51.9 Å². The van der Waals surface area contributed by atoms with Crippen LogP contribution >= 0.6 is 0 Å². The van der Waals surface area contributed by atoms with Crippen LogP contribution in [0.5, 0.6) is 0 Å². The van der Waals surface area contributed by atoms with E-state index < -0.39 is 0 Å². The quantitative estimate of drug-likeness (QED) is 0.648. The maximum absolute atomic E-state index is 2.48. The van der Waals surface area contributed by atoms with Crippen molar-refractivity contribution in [3.8, 4) is 0 Å². The lowest BCUT2D eigenvalue weighted by molar-refractivity contribution is 0.177. The molecule has 15 heavy (non-hydrogen) atoms. The summed E-state index contributed by atoms with van der Waals surface area (Å²) < 4.78 is 0. The fourth-order valence-electron chi connectivity index (χ4n) is 2.94. The molecular weight excluding hydrogens is 180 g/mol. The van der Waals surface area contributed by atoms with Crippen molar-refractivity contribution in [1.29, 1.82) is 0 Å². The molecule has 0 heterocycles. The van der Waals surface area contributed by atoms with Crippen LogP contribution < -0.4 is 0 Å². The molecule has 0 saturated heterocycles. The summed E-state index contributed by atoms with van der Waals surface area (Å²) in [6.07, 6.45) is 7.10. The maximum atomic E-state index is 2.48. The minimum Gasteiger partial charge on any atom is -0.0622 e. The molecule has 0 radical (unpaired) electrons. The Morgan fingerprint density at radius 1 is 1.00 bits per heavy atom. The standard InChI is InChI=1S/C15H22/c1-13(14-9-5-3-6-10-14)15(2)11-7-4-8-12-15/h3,5-6,9-10,13H,4,7-8,11-12H2,1-2H3. The number of hydrogen-bond donors (Lipinski definition) is 0. The summed E-state index contributed by atoms with van der Waals surface area (Å²) in [6.45, 7) is 4.88. The van der Waals surface area contributed by atoms with E-state index in [-0.39, 0.29) is 0 Å². The lowest BCUT2D eigenvalue weighted by Gasteiger charge is -2.39. The summed E-state index contributed by atoms with van der Waals surface area (Å²) in [4.78, 5) is 0. The Labute approximate surface area is 93.7 Å². The average Bonchev–Trinajstić information content (AvgIpc) is 2.30. The van der Waals surface area contributed by atoms with Crippen molar-refractivity contribution >= 4 is 0 Å². The average molecular weight is 202 g/mol. The summed E-state index contributed by atoms with van der Waals surface area (Å²) in [7, 11) is 0. The molecule has 2 rings (SSSR count). The largest absolute Gasteiger partial charge is 0.0622 e. The predicted molar refractivity (Wildman–Crippen MR) is 66.0 cm³/mol. The first-order chi connectivity index (χ1) is 7.22. The Balaban J connectivity index is 2.16. The van der Waals surface area contributed by atoms with Gasteiger partial charge in [0.1, 0.15) is 0 Å². The van der Waals surface area contributed by atoms with Gasteiger partial charge in [0.05, 0.1) is 0 Å². The third-order valence-electron chi connectivity index (χ3n) is 4.34. The van der Waals surface area contributed by atoms with Crippen LogP contribution in [0.15, 0.2) is 30.3 Å². The van der Waals surface area contributed by atoms with E-state index >= 15 is 0 Å². The summed E-state index contributed by atoms with van der Waals surface area (Å²) in [6, 6.07) is 11.0. The van der Waals surface area contributed by atoms with Crippen LogP contribution in [0.3, 0.4) is 0 Å². The molecule has 1 aromatic carbocycles. The first-order valence-electron chi connectivity index (χ1n) is 6.27. The van der Waals surface area contributed by atoms with Crippen molar-refractivity contribution in [2.75, 3.05) is 0 Å². The smallest absolute Gasteiger partial charge is 0.0136 e. The fourth-order valence-corrected chi connectivity index (χ4v) is 2.94. The minimum atomic E-state index is 0.541. The summed E-state index contributed by atoms with van der Waals surface area (Å²) in [5, 5.41) is 0. The summed E-state index contributed by atoms with van der Waals surface area (Å²) in [5.74, 6) is 0.707. The lowest BCUT2D eigenvalue weighted by Crippen LogP contribution is -2.26. The van der Waals surface area contributed by atoms with Gasteiger partial charge >= 0.3 is 0 Å². The fraction of sp³-hybridized carbons (Fsp3) is 0.600. The molecule has 1 saturated carbocycles. The zero-order valence-corrected chi connectivity index (χ0v) is 10.00. The SMILES string of the molecule is CC(c1ccccc1)C1(C)CCCCC1. The van der Waals surface area contributed by atoms with Gasteiger partial charge in [-0.25, -0.2) is 0 Å². The van der Waals surface area contributed by atoms with E-state index in [1.54, 1.807) is 0 Å². The molecule has 0 bridgehead atoms. The minimum absolute atomic E-state index is 0.541. The second-order valence-corrected chi connectivity index (χ2v) is 5.35. The van der Waals surface area contributed by atoms with Crippen LogP contribution in [0, 0.1) is 5.41 Å². The zero-order chi connectivity index (χ0) is 10.7. The maximum Gasteiger partial charge on any atom is -0.0136 e. The number of rotatable bonds is 2. The van der Waals surface area contributed by atoms with Gasteiger partial charge in [-0.05, 0) is 29.7 Å². The van der Waals surface area contributed by atoms with Gasteiger partial charge in [0.2, 0.25) is 0 Å². The van der Waals surface area contributed by atoms with Crippen LogP contribution in [-0.2, 0) is 0 Å². The third kappa shape index (κ3) is 2.25.